The van der Waals surface area contributed by atoms with Gasteiger partial charge >= 0.3 is 0 Å². The van der Waals surface area contributed by atoms with E-state index in [1.807, 2.05) is 30.0 Å². The van der Waals surface area contributed by atoms with Crippen LogP contribution >= 0.6 is 11.8 Å². The smallest absolute Gasteiger partial charge is 0.154 e. The third-order valence-corrected chi connectivity index (χ3v) is 3.38. The maximum absolute atomic E-state index is 9.02. The average molecular weight is 260 g/mol. The summed E-state index contributed by atoms with van der Waals surface area (Å²) in [6.07, 6.45) is 1.67. The molecule has 0 bridgehead atoms. The fourth-order valence-corrected chi connectivity index (χ4v) is 2.45. The summed E-state index contributed by atoms with van der Waals surface area (Å²) >= 11 is 1.84. The Hall–Kier alpha value is -1.39. The number of hydrogen-bond acceptors (Lipinski definition) is 4. The van der Waals surface area contributed by atoms with Gasteiger partial charge in [0.1, 0.15) is 6.61 Å². The van der Waals surface area contributed by atoms with Gasteiger partial charge in [-0.3, -0.25) is 0 Å². The van der Waals surface area contributed by atoms with E-state index < -0.39 is 0 Å². The first-order valence-electron chi connectivity index (χ1n) is 5.89. The molecule has 1 aromatic heterocycles. The van der Waals surface area contributed by atoms with Gasteiger partial charge in [0.2, 0.25) is 0 Å². The zero-order chi connectivity index (χ0) is 13.0. The van der Waals surface area contributed by atoms with Crippen molar-refractivity contribution in [2.75, 3.05) is 0 Å². The summed E-state index contributed by atoms with van der Waals surface area (Å²) in [5.41, 5.74) is 1.88. The molecule has 0 aliphatic rings. The molecule has 0 unspecified atom stereocenters. The molecule has 0 saturated heterocycles. The molecular weight excluding hydrogens is 244 g/mol. The van der Waals surface area contributed by atoms with E-state index in [4.69, 9.17) is 5.11 Å². The fraction of sp³-hybridized carbons (Fsp3) is 0.286. The van der Waals surface area contributed by atoms with Crippen LogP contribution in [0.3, 0.4) is 0 Å². The molecule has 0 radical (unpaired) electrons. The standard InChI is InChI=1S/C14H16N2OS/c1-10(2)18-12-5-3-11(4-6-12)13-7-8-15-14(9-17)16-13/h3-8,10,17H,9H2,1-2H3. The summed E-state index contributed by atoms with van der Waals surface area (Å²) in [6.45, 7) is 4.22. The van der Waals surface area contributed by atoms with E-state index >= 15 is 0 Å². The summed E-state index contributed by atoms with van der Waals surface area (Å²) in [5, 5.41) is 9.60. The predicted molar refractivity (Wildman–Crippen MR) is 74.4 cm³/mol. The highest BCUT2D eigenvalue weighted by Crippen LogP contribution is 2.25. The van der Waals surface area contributed by atoms with Gasteiger partial charge < -0.3 is 5.11 Å². The second-order valence-corrected chi connectivity index (χ2v) is 5.86. The van der Waals surface area contributed by atoms with Crippen molar-refractivity contribution in [3.05, 3.63) is 42.4 Å². The maximum Gasteiger partial charge on any atom is 0.154 e. The van der Waals surface area contributed by atoms with Crippen LogP contribution in [0.1, 0.15) is 19.7 Å². The summed E-state index contributed by atoms with van der Waals surface area (Å²) in [5.74, 6) is 0.452. The number of aliphatic hydroxyl groups excluding tert-OH is 1. The minimum Gasteiger partial charge on any atom is -0.388 e. The van der Waals surface area contributed by atoms with Gasteiger partial charge in [0.05, 0.1) is 5.69 Å². The molecular formula is C14H16N2OS. The van der Waals surface area contributed by atoms with Crippen molar-refractivity contribution in [2.24, 2.45) is 0 Å². The van der Waals surface area contributed by atoms with Crippen LogP contribution in [0.25, 0.3) is 11.3 Å². The molecule has 1 heterocycles. The fourth-order valence-electron chi connectivity index (χ4n) is 1.61. The molecule has 2 rings (SSSR count). The molecule has 18 heavy (non-hydrogen) atoms. The topological polar surface area (TPSA) is 46.0 Å². The Labute approximate surface area is 111 Å². The van der Waals surface area contributed by atoms with Crippen molar-refractivity contribution in [1.29, 1.82) is 0 Å². The molecule has 94 valence electrons. The molecule has 1 aromatic carbocycles. The number of nitrogens with zero attached hydrogens (tertiary/aromatic N) is 2. The van der Waals surface area contributed by atoms with Crippen molar-refractivity contribution < 1.29 is 5.11 Å². The quantitative estimate of drug-likeness (QED) is 0.858. The summed E-state index contributed by atoms with van der Waals surface area (Å²) in [7, 11) is 0. The second-order valence-electron chi connectivity index (χ2n) is 4.21. The molecule has 0 aliphatic carbocycles. The molecule has 0 spiro atoms. The second kappa shape index (κ2) is 5.98. The first-order chi connectivity index (χ1) is 8.69. The Morgan fingerprint density at radius 2 is 1.89 bits per heavy atom. The molecule has 1 N–H and O–H groups in total. The van der Waals surface area contributed by atoms with Gasteiger partial charge in [0, 0.05) is 21.9 Å². The van der Waals surface area contributed by atoms with Crippen LogP contribution in [-0.4, -0.2) is 20.3 Å². The van der Waals surface area contributed by atoms with Gasteiger partial charge in [-0.2, -0.15) is 0 Å². The van der Waals surface area contributed by atoms with Crippen LogP contribution < -0.4 is 0 Å². The van der Waals surface area contributed by atoms with Crippen LogP contribution in [-0.2, 0) is 6.61 Å². The Morgan fingerprint density at radius 1 is 1.17 bits per heavy atom. The van der Waals surface area contributed by atoms with E-state index in [0.717, 1.165) is 11.3 Å². The SMILES string of the molecule is CC(C)Sc1ccc(-c2ccnc(CO)n2)cc1. The van der Waals surface area contributed by atoms with Gasteiger partial charge in [-0.05, 0) is 18.2 Å². The lowest BCUT2D eigenvalue weighted by molar-refractivity contribution is 0.271. The van der Waals surface area contributed by atoms with Gasteiger partial charge in [-0.25, -0.2) is 9.97 Å². The number of thioether (sulfide) groups is 1. The third kappa shape index (κ3) is 3.31. The third-order valence-electron chi connectivity index (χ3n) is 2.37. The molecule has 3 nitrogen and oxygen atoms in total. The van der Waals surface area contributed by atoms with Gasteiger partial charge in [0.15, 0.2) is 5.82 Å². The van der Waals surface area contributed by atoms with Crippen LogP contribution in [0.2, 0.25) is 0 Å². The molecule has 0 saturated carbocycles. The molecule has 2 aromatic rings. The van der Waals surface area contributed by atoms with E-state index in [0.29, 0.717) is 11.1 Å². The summed E-state index contributed by atoms with van der Waals surface area (Å²) < 4.78 is 0. The number of aromatic nitrogens is 2. The first kappa shape index (κ1) is 13.1. The molecule has 0 fully saturated rings. The van der Waals surface area contributed by atoms with E-state index in [2.05, 4.69) is 35.9 Å². The lowest BCUT2D eigenvalue weighted by atomic mass is 10.1. The largest absolute Gasteiger partial charge is 0.388 e. The number of rotatable bonds is 4. The van der Waals surface area contributed by atoms with E-state index in [1.54, 1.807) is 6.20 Å². The summed E-state index contributed by atoms with van der Waals surface area (Å²) in [6, 6.07) is 10.1. The van der Waals surface area contributed by atoms with E-state index in [-0.39, 0.29) is 6.61 Å². The Kier molecular flexibility index (Phi) is 4.33. The molecule has 4 heteroatoms. The van der Waals surface area contributed by atoms with Gasteiger partial charge in [-0.15, -0.1) is 11.8 Å². The number of benzene rings is 1. The monoisotopic (exact) mass is 260 g/mol. The van der Waals surface area contributed by atoms with Crippen molar-refractivity contribution in [2.45, 2.75) is 30.6 Å². The van der Waals surface area contributed by atoms with Crippen molar-refractivity contribution in [3.63, 3.8) is 0 Å². The Balaban J connectivity index is 2.22. The Bertz CT molecular complexity index is 511. The highest BCUT2D eigenvalue weighted by molar-refractivity contribution is 7.99. The number of hydrogen-bond donors (Lipinski definition) is 1. The van der Waals surface area contributed by atoms with Crippen molar-refractivity contribution in [3.8, 4) is 11.3 Å². The van der Waals surface area contributed by atoms with E-state index in [9.17, 15) is 0 Å². The van der Waals surface area contributed by atoms with Crippen LogP contribution in [0.5, 0.6) is 0 Å². The lowest BCUT2D eigenvalue weighted by Crippen LogP contribution is -1.95. The minimum absolute atomic E-state index is 0.130. The van der Waals surface area contributed by atoms with Crippen LogP contribution in [0.15, 0.2) is 41.4 Å². The zero-order valence-corrected chi connectivity index (χ0v) is 11.3. The van der Waals surface area contributed by atoms with Crippen LogP contribution in [0.4, 0.5) is 0 Å². The Morgan fingerprint density at radius 3 is 2.50 bits per heavy atom. The molecule has 0 aliphatic heterocycles. The summed E-state index contributed by atoms with van der Waals surface area (Å²) in [4.78, 5) is 9.51. The van der Waals surface area contributed by atoms with E-state index in [1.165, 1.54) is 4.90 Å². The zero-order valence-electron chi connectivity index (χ0n) is 10.5. The highest BCUT2D eigenvalue weighted by atomic mass is 32.2. The van der Waals surface area contributed by atoms with Gasteiger partial charge in [0.25, 0.3) is 0 Å². The lowest BCUT2D eigenvalue weighted by Gasteiger charge is -2.06. The predicted octanol–water partition coefficient (Wildman–Crippen LogP) is 3.14. The normalized spacial score (nSPS) is 10.9. The van der Waals surface area contributed by atoms with Crippen LogP contribution in [0, 0.1) is 0 Å². The van der Waals surface area contributed by atoms with Gasteiger partial charge in [-0.1, -0.05) is 26.0 Å². The van der Waals surface area contributed by atoms with Crippen molar-refractivity contribution >= 4 is 11.8 Å². The average Bonchev–Trinajstić information content (AvgIpc) is 2.39. The van der Waals surface area contributed by atoms with Crippen molar-refractivity contribution in [1.82, 2.24) is 9.97 Å². The first-order valence-corrected chi connectivity index (χ1v) is 6.77. The molecule has 0 amide bonds. The number of aliphatic hydroxyl groups is 1. The highest BCUT2D eigenvalue weighted by Gasteiger charge is 2.03. The maximum atomic E-state index is 9.02. The molecule has 0 atom stereocenters. The minimum atomic E-state index is -0.130.